The topological polar surface area (TPSA) is 69.0 Å². The second-order valence-corrected chi connectivity index (χ2v) is 8.70. The van der Waals surface area contributed by atoms with E-state index in [1.54, 1.807) is 28.8 Å². The summed E-state index contributed by atoms with van der Waals surface area (Å²) in [6.07, 6.45) is -4.62. The van der Waals surface area contributed by atoms with Crippen molar-refractivity contribution in [2.45, 2.75) is 11.3 Å². The number of nitrogens with zero attached hydrogens (tertiary/aromatic N) is 3. The van der Waals surface area contributed by atoms with Gasteiger partial charge in [-0.05, 0) is 54.6 Å². The fourth-order valence-electron chi connectivity index (χ4n) is 3.30. The number of alkyl halides is 3. The average Bonchev–Trinajstić information content (AvgIpc) is 3.28. The van der Waals surface area contributed by atoms with Crippen LogP contribution in [0, 0.1) is 5.82 Å². The van der Waals surface area contributed by atoms with Gasteiger partial charge < -0.3 is 10.1 Å². The van der Waals surface area contributed by atoms with Crippen molar-refractivity contribution in [2.24, 2.45) is 0 Å². The summed E-state index contributed by atoms with van der Waals surface area (Å²) in [5.41, 5.74) is -0.211. The molecule has 1 amide bonds. The molecule has 36 heavy (non-hydrogen) atoms. The summed E-state index contributed by atoms with van der Waals surface area (Å²) in [5, 5.41) is 10.8. The summed E-state index contributed by atoms with van der Waals surface area (Å²) < 4.78 is 60.3. The Hall–Kier alpha value is -3.57. The molecule has 4 rings (SSSR count). The number of benzene rings is 3. The summed E-state index contributed by atoms with van der Waals surface area (Å²) in [6.45, 7) is 0. The zero-order chi connectivity index (χ0) is 25.9. The number of carbonyl (C=O) groups excluding carboxylic acids is 1. The van der Waals surface area contributed by atoms with E-state index >= 15 is 0 Å². The molecule has 3 aromatic carbocycles. The molecule has 1 heterocycles. The van der Waals surface area contributed by atoms with Gasteiger partial charge in [0.05, 0.1) is 34.8 Å². The number of halogens is 5. The Morgan fingerprint density at radius 2 is 1.81 bits per heavy atom. The molecule has 0 saturated heterocycles. The Balaban J connectivity index is 1.62. The van der Waals surface area contributed by atoms with Crippen LogP contribution in [0.2, 0.25) is 5.02 Å². The van der Waals surface area contributed by atoms with Crippen molar-refractivity contribution < 1.29 is 27.1 Å². The second-order valence-electron chi connectivity index (χ2n) is 7.35. The van der Waals surface area contributed by atoms with Gasteiger partial charge in [-0.15, -0.1) is 10.2 Å². The third-order valence-corrected chi connectivity index (χ3v) is 6.20. The second kappa shape index (κ2) is 10.6. The molecule has 0 bridgehead atoms. The monoisotopic (exact) mass is 536 g/mol. The Labute approximate surface area is 212 Å². The molecule has 6 nitrogen and oxygen atoms in total. The lowest BCUT2D eigenvalue weighted by Gasteiger charge is -2.14. The average molecular weight is 537 g/mol. The first-order valence-corrected chi connectivity index (χ1v) is 11.7. The van der Waals surface area contributed by atoms with E-state index < -0.39 is 23.5 Å². The largest absolute Gasteiger partial charge is 0.497 e. The fraction of sp³-hybridized carbons (Fsp3) is 0.125. The molecule has 4 aromatic rings. The normalized spacial score (nSPS) is 11.4. The van der Waals surface area contributed by atoms with Crippen LogP contribution in [0.1, 0.15) is 5.56 Å². The van der Waals surface area contributed by atoms with Gasteiger partial charge in [0.15, 0.2) is 11.0 Å². The van der Waals surface area contributed by atoms with E-state index in [1.165, 1.54) is 43.5 Å². The number of nitrogens with one attached hydrogen (secondary N) is 1. The smallest absolute Gasteiger partial charge is 0.418 e. The van der Waals surface area contributed by atoms with Gasteiger partial charge in [0.2, 0.25) is 5.91 Å². The molecule has 0 spiro atoms. The zero-order valence-electron chi connectivity index (χ0n) is 18.5. The number of rotatable bonds is 7. The van der Waals surface area contributed by atoms with Crippen LogP contribution in [0.4, 0.5) is 23.2 Å². The van der Waals surface area contributed by atoms with Crippen LogP contribution in [0.3, 0.4) is 0 Å². The molecule has 0 aliphatic carbocycles. The van der Waals surface area contributed by atoms with E-state index in [9.17, 15) is 22.4 Å². The maximum atomic E-state index is 13.8. The van der Waals surface area contributed by atoms with Gasteiger partial charge in [0.1, 0.15) is 11.6 Å². The summed E-state index contributed by atoms with van der Waals surface area (Å²) in [7, 11) is 1.53. The SMILES string of the molecule is COc1ccc(-c2nnc(SCC(=O)Nc3ccccc3C(F)(F)F)n2-c2ccc(F)c(Cl)c2)cc1. The summed E-state index contributed by atoms with van der Waals surface area (Å²) in [5.74, 6) is -0.543. The number of thioether (sulfide) groups is 1. The Kier molecular flexibility index (Phi) is 7.51. The highest BCUT2D eigenvalue weighted by Gasteiger charge is 2.33. The number of ether oxygens (including phenoxy) is 1. The van der Waals surface area contributed by atoms with Crippen molar-refractivity contribution in [3.63, 3.8) is 0 Å². The molecule has 0 saturated carbocycles. The fourth-order valence-corrected chi connectivity index (χ4v) is 4.23. The van der Waals surface area contributed by atoms with Crippen molar-refractivity contribution in [2.75, 3.05) is 18.2 Å². The van der Waals surface area contributed by atoms with Crippen LogP contribution < -0.4 is 10.1 Å². The molecule has 12 heteroatoms. The van der Waals surface area contributed by atoms with Crippen LogP contribution in [0.5, 0.6) is 5.75 Å². The summed E-state index contributed by atoms with van der Waals surface area (Å²) in [4.78, 5) is 12.5. The number of methoxy groups -OCH3 is 1. The van der Waals surface area contributed by atoms with Gasteiger partial charge in [-0.1, -0.05) is 35.5 Å². The Morgan fingerprint density at radius 1 is 1.08 bits per heavy atom. The van der Waals surface area contributed by atoms with Crippen LogP contribution in [-0.2, 0) is 11.0 Å². The van der Waals surface area contributed by atoms with Crippen molar-refractivity contribution >= 4 is 35.0 Å². The van der Waals surface area contributed by atoms with E-state index in [0.29, 0.717) is 22.8 Å². The number of para-hydroxylation sites is 1. The maximum Gasteiger partial charge on any atom is 0.418 e. The standard InChI is InChI=1S/C24H17ClF4N4O2S/c1-35-16-9-6-14(7-10-16)22-31-32-23(33(22)15-8-11-19(26)18(25)12-15)36-13-21(34)30-20-5-3-2-4-17(20)24(27,28)29/h2-12H,13H2,1H3,(H,30,34). The lowest BCUT2D eigenvalue weighted by Crippen LogP contribution is -2.18. The highest BCUT2D eigenvalue weighted by atomic mass is 35.5. The van der Waals surface area contributed by atoms with Gasteiger partial charge >= 0.3 is 6.18 Å². The molecule has 0 radical (unpaired) electrons. The predicted molar refractivity (Wildman–Crippen MR) is 129 cm³/mol. The van der Waals surface area contributed by atoms with Crippen LogP contribution >= 0.6 is 23.4 Å². The molecule has 186 valence electrons. The summed E-state index contributed by atoms with van der Waals surface area (Å²) >= 11 is 6.93. The quantitative estimate of drug-likeness (QED) is 0.216. The molecule has 0 unspecified atom stereocenters. The molecule has 1 aromatic heterocycles. The first-order valence-electron chi connectivity index (χ1n) is 10.3. The number of hydrogen-bond acceptors (Lipinski definition) is 5. The number of anilines is 1. The van der Waals surface area contributed by atoms with Crippen molar-refractivity contribution in [1.29, 1.82) is 0 Å². The highest BCUT2D eigenvalue weighted by molar-refractivity contribution is 7.99. The first-order chi connectivity index (χ1) is 17.2. The zero-order valence-corrected chi connectivity index (χ0v) is 20.1. The Morgan fingerprint density at radius 3 is 2.47 bits per heavy atom. The van der Waals surface area contributed by atoms with E-state index in [0.717, 1.165) is 17.8 Å². The minimum absolute atomic E-state index is 0.126. The lowest BCUT2D eigenvalue weighted by molar-refractivity contribution is -0.137. The lowest BCUT2D eigenvalue weighted by atomic mass is 10.1. The van der Waals surface area contributed by atoms with Gasteiger partial charge in [-0.3, -0.25) is 9.36 Å². The van der Waals surface area contributed by atoms with Crippen molar-refractivity contribution in [3.05, 3.63) is 83.1 Å². The van der Waals surface area contributed by atoms with Crippen LogP contribution in [-0.4, -0.2) is 33.5 Å². The third kappa shape index (κ3) is 5.63. The minimum Gasteiger partial charge on any atom is -0.497 e. The molecule has 0 aliphatic rings. The first kappa shape index (κ1) is 25.5. The van der Waals surface area contributed by atoms with E-state index in [1.807, 2.05) is 0 Å². The van der Waals surface area contributed by atoms with Gasteiger partial charge in [-0.25, -0.2) is 4.39 Å². The van der Waals surface area contributed by atoms with Crippen LogP contribution in [0.25, 0.3) is 17.1 Å². The Bertz CT molecular complexity index is 1390. The third-order valence-electron chi connectivity index (χ3n) is 4.98. The molecule has 1 N–H and O–H groups in total. The molecule has 0 atom stereocenters. The summed E-state index contributed by atoms with van der Waals surface area (Å²) in [6, 6.07) is 15.7. The molecule has 0 aliphatic heterocycles. The van der Waals surface area contributed by atoms with Crippen molar-refractivity contribution in [3.8, 4) is 22.8 Å². The molecular formula is C24H17ClF4N4O2S. The predicted octanol–water partition coefficient (Wildman–Crippen LogP) is 6.49. The number of carbonyl (C=O) groups is 1. The van der Waals surface area contributed by atoms with Gasteiger partial charge in [0, 0.05) is 5.56 Å². The number of amides is 1. The van der Waals surface area contributed by atoms with Gasteiger partial charge in [-0.2, -0.15) is 13.2 Å². The van der Waals surface area contributed by atoms with Gasteiger partial charge in [0.25, 0.3) is 0 Å². The molecule has 0 fully saturated rings. The van der Waals surface area contributed by atoms with Crippen LogP contribution in [0.15, 0.2) is 71.9 Å². The molecular weight excluding hydrogens is 520 g/mol. The van der Waals surface area contributed by atoms with E-state index in [-0.39, 0.29) is 21.6 Å². The number of hydrogen-bond donors (Lipinski definition) is 1. The van der Waals surface area contributed by atoms with Crippen molar-refractivity contribution in [1.82, 2.24) is 14.8 Å². The minimum atomic E-state index is -4.62. The number of aromatic nitrogens is 3. The van der Waals surface area contributed by atoms with E-state index in [4.69, 9.17) is 16.3 Å². The maximum absolute atomic E-state index is 13.8. The van der Waals surface area contributed by atoms with E-state index in [2.05, 4.69) is 15.5 Å². The highest BCUT2D eigenvalue weighted by Crippen LogP contribution is 2.35.